The second-order valence-corrected chi connectivity index (χ2v) is 9.63. The molecule has 2 N–H and O–H groups in total. The molecule has 0 saturated heterocycles. The Bertz CT molecular complexity index is 1570. The summed E-state index contributed by atoms with van der Waals surface area (Å²) in [6.45, 7) is 2.22. The van der Waals surface area contributed by atoms with Crippen molar-refractivity contribution in [3.63, 3.8) is 0 Å². The second kappa shape index (κ2) is 10.1. The molecule has 6 heteroatoms. The lowest BCUT2D eigenvalue weighted by Crippen LogP contribution is -2.02. The van der Waals surface area contributed by atoms with Crippen LogP contribution in [0, 0.1) is 0 Å². The molecule has 0 bridgehead atoms. The van der Waals surface area contributed by atoms with Crippen LogP contribution >= 0.6 is 0 Å². The summed E-state index contributed by atoms with van der Waals surface area (Å²) in [5.74, 6) is 1.66. The van der Waals surface area contributed by atoms with Crippen LogP contribution in [-0.4, -0.2) is 20.2 Å². The zero-order valence-corrected chi connectivity index (χ0v) is 21.1. The third-order valence-electron chi connectivity index (χ3n) is 6.95. The third kappa shape index (κ3) is 4.73. The number of hydrogen-bond donors (Lipinski definition) is 2. The number of phenolic OH excluding ortho intramolecular Hbond substituents is 2. The van der Waals surface area contributed by atoms with Crippen LogP contribution in [-0.2, 0) is 0 Å². The molecule has 0 aliphatic heterocycles. The number of aromatic nitrogens is 2. The maximum Gasteiger partial charge on any atom is 0.227 e. The van der Waals surface area contributed by atoms with Crippen LogP contribution in [0.5, 0.6) is 11.5 Å². The van der Waals surface area contributed by atoms with Crippen molar-refractivity contribution in [3.8, 4) is 34.4 Å². The van der Waals surface area contributed by atoms with E-state index in [1.54, 1.807) is 48.5 Å². The zero-order chi connectivity index (χ0) is 26.1. The lowest BCUT2D eigenvalue weighted by molar-refractivity contribution is 0.474. The molecule has 2 aromatic heterocycles. The van der Waals surface area contributed by atoms with E-state index in [9.17, 15) is 10.2 Å². The number of oxazole rings is 2. The number of unbranched alkanes of at least 4 members (excludes halogenated alkanes) is 2. The van der Waals surface area contributed by atoms with Crippen molar-refractivity contribution in [2.75, 3.05) is 0 Å². The minimum atomic E-state index is 0.179. The van der Waals surface area contributed by atoms with Crippen molar-refractivity contribution < 1.29 is 19.0 Å². The fourth-order valence-electron chi connectivity index (χ4n) is 4.90. The van der Waals surface area contributed by atoms with Gasteiger partial charge in [-0.3, -0.25) is 0 Å². The first-order valence-corrected chi connectivity index (χ1v) is 13.0. The summed E-state index contributed by atoms with van der Waals surface area (Å²) in [6, 6.07) is 26.2. The van der Waals surface area contributed by atoms with E-state index in [1.165, 1.54) is 17.5 Å². The summed E-state index contributed by atoms with van der Waals surface area (Å²) < 4.78 is 12.0. The third-order valence-corrected chi connectivity index (χ3v) is 6.95. The van der Waals surface area contributed by atoms with Gasteiger partial charge >= 0.3 is 0 Å². The highest BCUT2D eigenvalue weighted by Crippen LogP contribution is 2.35. The number of aromatic hydroxyl groups is 2. The average molecular weight is 505 g/mol. The lowest BCUT2D eigenvalue weighted by Gasteiger charge is -2.18. The molecule has 6 rings (SSSR count). The average Bonchev–Trinajstić information content (AvgIpc) is 3.55. The molecule has 0 unspecified atom stereocenters. The molecule has 2 heterocycles. The van der Waals surface area contributed by atoms with Crippen LogP contribution in [0.4, 0.5) is 0 Å². The molecule has 4 aromatic carbocycles. The van der Waals surface area contributed by atoms with E-state index in [0.717, 1.165) is 52.6 Å². The predicted molar refractivity (Wildman–Crippen MR) is 148 cm³/mol. The van der Waals surface area contributed by atoms with Gasteiger partial charge < -0.3 is 19.0 Å². The number of phenols is 2. The Morgan fingerprint density at radius 2 is 1.11 bits per heavy atom. The fraction of sp³-hybridized carbons (Fsp3) is 0.188. The smallest absolute Gasteiger partial charge is 0.227 e. The Kier molecular flexibility index (Phi) is 6.30. The highest BCUT2D eigenvalue weighted by molar-refractivity contribution is 5.79. The molecule has 0 amide bonds. The van der Waals surface area contributed by atoms with Gasteiger partial charge in [-0.2, -0.15) is 0 Å². The van der Waals surface area contributed by atoms with Crippen LogP contribution in [0.25, 0.3) is 45.1 Å². The summed E-state index contributed by atoms with van der Waals surface area (Å²) in [5.41, 5.74) is 7.08. The summed E-state index contributed by atoms with van der Waals surface area (Å²) in [7, 11) is 0. The van der Waals surface area contributed by atoms with Gasteiger partial charge in [-0.15, -0.1) is 0 Å². The van der Waals surface area contributed by atoms with E-state index in [1.807, 2.05) is 12.1 Å². The summed E-state index contributed by atoms with van der Waals surface area (Å²) >= 11 is 0. The first-order chi connectivity index (χ1) is 18.6. The maximum atomic E-state index is 9.60. The molecule has 190 valence electrons. The maximum absolute atomic E-state index is 9.60. The van der Waals surface area contributed by atoms with Crippen LogP contribution < -0.4 is 0 Å². The molecule has 0 radical (unpaired) electrons. The van der Waals surface area contributed by atoms with Crippen molar-refractivity contribution in [3.05, 3.63) is 96.1 Å². The van der Waals surface area contributed by atoms with Gasteiger partial charge in [0.2, 0.25) is 11.8 Å². The van der Waals surface area contributed by atoms with Gasteiger partial charge in [-0.1, -0.05) is 38.3 Å². The Labute approximate surface area is 220 Å². The van der Waals surface area contributed by atoms with Gasteiger partial charge in [-0.05, 0) is 90.3 Å². The van der Waals surface area contributed by atoms with Gasteiger partial charge in [0, 0.05) is 17.0 Å². The number of hydrogen-bond acceptors (Lipinski definition) is 6. The van der Waals surface area contributed by atoms with E-state index >= 15 is 0 Å². The van der Waals surface area contributed by atoms with Crippen molar-refractivity contribution in [1.29, 1.82) is 0 Å². The quantitative estimate of drug-likeness (QED) is 0.202. The standard InChI is InChI=1S/C32H28N2O4/c1-2-3-4-5-26(22-10-16-29-27(18-22)33-31(37-29)20-6-12-24(35)13-7-20)23-11-17-30-28(19-23)34-32(38-30)21-8-14-25(36)15-9-21/h6-19,26,35-36H,2-5H2,1H3. The van der Waals surface area contributed by atoms with Crippen molar-refractivity contribution >= 4 is 22.2 Å². The van der Waals surface area contributed by atoms with E-state index in [4.69, 9.17) is 18.8 Å². The monoisotopic (exact) mass is 504 g/mol. The number of nitrogens with zero attached hydrogens (tertiary/aromatic N) is 2. The SMILES string of the molecule is CCCCCC(c1ccc2oc(-c3ccc(O)cc3)nc2c1)c1ccc2oc(-c3ccc(O)cc3)nc2c1. The van der Waals surface area contributed by atoms with Gasteiger partial charge in [0.05, 0.1) is 0 Å². The molecular weight excluding hydrogens is 476 g/mol. The second-order valence-electron chi connectivity index (χ2n) is 9.63. The largest absolute Gasteiger partial charge is 0.508 e. The minimum absolute atomic E-state index is 0.179. The summed E-state index contributed by atoms with van der Waals surface area (Å²) in [5, 5.41) is 19.2. The lowest BCUT2D eigenvalue weighted by atomic mass is 9.86. The number of fused-ring (bicyclic) bond motifs is 2. The van der Waals surface area contributed by atoms with E-state index in [-0.39, 0.29) is 17.4 Å². The predicted octanol–water partition coefficient (Wildman–Crippen LogP) is 8.43. The Morgan fingerprint density at radius 3 is 1.55 bits per heavy atom. The number of benzene rings is 4. The van der Waals surface area contributed by atoms with Crippen LogP contribution in [0.15, 0.2) is 93.8 Å². The highest BCUT2D eigenvalue weighted by Gasteiger charge is 2.19. The first kappa shape index (κ1) is 23.8. The summed E-state index contributed by atoms with van der Waals surface area (Å²) in [6.07, 6.45) is 4.46. The minimum Gasteiger partial charge on any atom is -0.508 e. The zero-order valence-electron chi connectivity index (χ0n) is 21.1. The summed E-state index contributed by atoms with van der Waals surface area (Å²) in [4.78, 5) is 9.49. The van der Waals surface area contributed by atoms with E-state index in [2.05, 4.69) is 31.2 Å². The Balaban J connectivity index is 1.36. The van der Waals surface area contributed by atoms with E-state index < -0.39 is 0 Å². The van der Waals surface area contributed by atoms with Crippen molar-refractivity contribution in [2.24, 2.45) is 0 Å². The molecule has 38 heavy (non-hydrogen) atoms. The highest BCUT2D eigenvalue weighted by atomic mass is 16.4. The molecule has 0 aliphatic carbocycles. The molecule has 6 nitrogen and oxygen atoms in total. The van der Waals surface area contributed by atoms with Crippen LogP contribution in [0.2, 0.25) is 0 Å². The van der Waals surface area contributed by atoms with Crippen LogP contribution in [0.3, 0.4) is 0 Å². The van der Waals surface area contributed by atoms with E-state index in [0.29, 0.717) is 11.8 Å². The van der Waals surface area contributed by atoms with Gasteiger partial charge in [-0.25, -0.2) is 9.97 Å². The molecule has 0 fully saturated rings. The topological polar surface area (TPSA) is 92.5 Å². The normalized spacial score (nSPS) is 11.6. The molecule has 0 spiro atoms. The van der Waals surface area contributed by atoms with Gasteiger partial charge in [0.25, 0.3) is 0 Å². The van der Waals surface area contributed by atoms with Crippen molar-refractivity contribution in [2.45, 2.75) is 38.5 Å². The van der Waals surface area contributed by atoms with Gasteiger partial charge in [0.15, 0.2) is 11.2 Å². The van der Waals surface area contributed by atoms with Crippen molar-refractivity contribution in [1.82, 2.24) is 9.97 Å². The Morgan fingerprint density at radius 1 is 0.632 bits per heavy atom. The van der Waals surface area contributed by atoms with Gasteiger partial charge in [0.1, 0.15) is 22.5 Å². The Hall–Kier alpha value is -4.58. The molecule has 0 aliphatic rings. The number of rotatable bonds is 8. The molecular formula is C32H28N2O4. The fourth-order valence-corrected chi connectivity index (χ4v) is 4.90. The first-order valence-electron chi connectivity index (χ1n) is 13.0. The molecule has 0 atom stereocenters. The molecule has 6 aromatic rings. The van der Waals surface area contributed by atoms with Crippen LogP contribution in [0.1, 0.15) is 49.7 Å². The molecule has 0 saturated carbocycles.